The summed E-state index contributed by atoms with van der Waals surface area (Å²) in [5.74, 6) is -0.452. The van der Waals surface area contributed by atoms with E-state index in [1.807, 2.05) is 13.8 Å². The molecule has 11 heteroatoms. The molecule has 2 saturated heterocycles. The zero-order chi connectivity index (χ0) is 23.6. The Labute approximate surface area is 193 Å². The molecule has 0 saturated carbocycles. The molecule has 33 heavy (non-hydrogen) atoms. The molecule has 0 spiro atoms. The molecule has 1 amide bonds. The summed E-state index contributed by atoms with van der Waals surface area (Å²) in [5, 5.41) is 1.18. The molecular formula is C22H29FN6O3S. The number of nitrogens with zero attached hydrogens (tertiary/aromatic N) is 5. The topological polar surface area (TPSA) is 89.1 Å². The Bertz CT molecular complexity index is 1090. The molecule has 4 rings (SSSR count). The molecule has 1 aromatic carbocycles. The van der Waals surface area contributed by atoms with Crippen LogP contribution in [0.15, 0.2) is 36.5 Å². The van der Waals surface area contributed by atoms with Crippen molar-refractivity contribution in [2.75, 3.05) is 43.2 Å². The van der Waals surface area contributed by atoms with Gasteiger partial charge in [0.25, 0.3) is 10.2 Å². The number of nitrogens with one attached hydrogen (secondary N) is 1. The Kier molecular flexibility index (Phi) is 6.94. The number of hydrogen-bond donors (Lipinski definition) is 1. The van der Waals surface area contributed by atoms with Crippen LogP contribution in [0.25, 0.3) is 0 Å². The molecule has 1 aromatic heterocycles. The van der Waals surface area contributed by atoms with Crippen molar-refractivity contribution in [2.45, 2.75) is 32.9 Å². The highest BCUT2D eigenvalue weighted by molar-refractivity contribution is 7.86. The molecule has 2 aromatic rings. The van der Waals surface area contributed by atoms with Crippen LogP contribution in [0.4, 0.5) is 15.8 Å². The first-order chi connectivity index (χ1) is 15.8. The summed E-state index contributed by atoms with van der Waals surface area (Å²) < 4.78 is 43.7. The van der Waals surface area contributed by atoms with Crippen molar-refractivity contribution in [1.82, 2.24) is 18.5 Å². The number of aryl methyl sites for hydroxylation is 1. The minimum absolute atomic E-state index is 0.0593. The van der Waals surface area contributed by atoms with Gasteiger partial charge in [-0.2, -0.15) is 17.0 Å². The molecule has 0 bridgehead atoms. The standard InChI is InChI=1S/C22H29FN6O3S/c1-17-7-8-20(13-24-17)29(16-30)25-21-6-3-5-19(22(21)23)15-26-11-12-28(14-18(26)2)33(31,32)27-9-4-10-27/h3,5-8,13,16,18,25H,4,9-12,14-15H2,1-2H3/t18-/m1/s1. The number of aromatic nitrogens is 1. The number of piperazine rings is 1. The van der Waals surface area contributed by atoms with E-state index in [9.17, 15) is 13.2 Å². The third-order valence-corrected chi connectivity index (χ3v) is 8.17. The molecule has 0 aliphatic carbocycles. The van der Waals surface area contributed by atoms with E-state index in [2.05, 4.69) is 15.3 Å². The van der Waals surface area contributed by atoms with Gasteiger partial charge in [0.15, 0.2) is 5.82 Å². The summed E-state index contributed by atoms with van der Waals surface area (Å²) in [6, 6.07) is 8.43. The summed E-state index contributed by atoms with van der Waals surface area (Å²) in [7, 11) is -3.40. The highest BCUT2D eigenvalue weighted by atomic mass is 32.2. The van der Waals surface area contributed by atoms with Crippen LogP contribution in [0.3, 0.4) is 0 Å². The molecule has 0 unspecified atom stereocenters. The first kappa shape index (κ1) is 23.6. The fourth-order valence-electron chi connectivity index (χ4n) is 3.98. The van der Waals surface area contributed by atoms with E-state index in [1.54, 1.807) is 30.3 Å². The van der Waals surface area contributed by atoms with Gasteiger partial charge >= 0.3 is 0 Å². The minimum Gasteiger partial charge on any atom is -0.294 e. The van der Waals surface area contributed by atoms with E-state index in [0.29, 0.717) is 56.9 Å². The molecule has 3 heterocycles. The number of benzene rings is 1. The van der Waals surface area contributed by atoms with Crippen LogP contribution < -0.4 is 10.4 Å². The second-order valence-electron chi connectivity index (χ2n) is 8.46. The minimum atomic E-state index is -3.40. The van der Waals surface area contributed by atoms with Gasteiger partial charge in [0.1, 0.15) is 0 Å². The Balaban J connectivity index is 1.43. The smallest absolute Gasteiger partial charge is 0.282 e. The van der Waals surface area contributed by atoms with Gasteiger partial charge in [-0.05, 0) is 38.5 Å². The average Bonchev–Trinajstić information content (AvgIpc) is 2.74. The van der Waals surface area contributed by atoms with Gasteiger partial charge in [0.2, 0.25) is 6.41 Å². The van der Waals surface area contributed by atoms with Crippen LogP contribution in [0, 0.1) is 12.7 Å². The number of hydrazine groups is 1. The van der Waals surface area contributed by atoms with Crippen molar-refractivity contribution in [3.05, 3.63) is 53.6 Å². The molecule has 2 aliphatic heterocycles. The number of halogens is 1. The van der Waals surface area contributed by atoms with Crippen molar-refractivity contribution in [3.63, 3.8) is 0 Å². The quantitative estimate of drug-likeness (QED) is 0.463. The number of amides is 1. The monoisotopic (exact) mass is 476 g/mol. The van der Waals surface area contributed by atoms with Crippen molar-refractivity contribution in [1.29, 1.82) is 0 Å². The predicted octanol–water partition coefficient (Wildman–Crippen LogP) is 1.98. The summed E-state index contributed by atoms with van der Waals surface area (Å²) >= 11 is 0. The molecule has 2 aliphatic rings. The fraction of sp³-hybridized carbons (Fsp3) is 0.455. The zero-order valence-corrected chi connectivity index (χ0v) is 19.6. The lowest BCUT2D eigenvalue weighted by Gasteiger charge is -2.42. The fourth-order valence-corrected chi connectivity index (χ4v) is 5.74. The van der Waals surface area contributed by atoms with Crippen LogP contribution in [-0.4, -0.2) is 72.1 Å². The Morgan fingerprint density at radius 1 is 1.18 bits per heavy atom. The molecular weight excluding hydrogens is 447 g/mol. The van der Waals surface area contributed by atoms with Gasteiger partial charge in [0.05, 0.1) is 17.6 Å². The summed E-state index contributed by atoms with van der Waals surface area (Å²) in [6.45, 7) is 6.56. The second kappa shape index (κ2) is 9.72. The van der Waals surface area contributed by atoms with Crippen LogP contribution in [0.5, 0.6) is 0 Å². The molecule has 9 nitrogen and oxygen atoms in total. The second-order valence-corrected chi connectivity index (χ2v) is 10.4. The first-order valence-electron chi connectivity index (χ1n) is 11.0. The lowest BCUT2D eigenvalue weighted by atomic mass is 10.1. The van der Waals surface area contributed by atoms with Crippen molar-refractivity contribution in [2.24, 2.45) is 0 Å². The third-order valence-electron chi connectivity index (χ3n) is 6.17. The van der Waals surface area contributed by atoms with Gasteiger partial charge < -0.3 is 0 Å². The van der Waals surface area contributed by atoms with Crippen LogP contribution in [0.1, 0.15) is 24.6 Å². The van der Waals surface area contributed by atoms with E-state index in [0.717, 1.165) is 12.1 Å². The Morgan fingerprint density at radius 3 is 2.58 bits per heavy atom. The van der Waals surface area contributed by atoms with Gasteiger partial charge in [-0.15, -0.1) is 0 Å². The Hall–Kier alpha value is -2.60. The van der Waals surface area contributed by atoms with Crippen molar-refractivity contribution >= 4 is 28.0 Å². The van der Waals surface area contributed by atoms with Crippen LogP contribution in [-0.2, 0) is 21.5 Å². The molecule has 2 fully saturated rings. The van der Waals surface area contributed by atoms with E-state index >= 15 is 4.39 Å². The molecule has 178 valence electrons. The number of hydrogen-bond acceptors (Lipinski definition) is 6. The maximum absolute atomic E-state index is 15.3. The Morgan fingerprint density at radius 2 is 1.97 bits per heavy atom. The molecule has 0 radical (unpaired) electrons. The van der Waals surface area contributed by atoms with Crippen molar-refractivity contribution < 1.29 is 17.6 Å². The molecule has 1 N–H and O–H groups in total. The van der Waals surface area contributed by atoms with Crippen LogP contribution in [0.2, 0.25) is 0 Å². The number of anilines is 2. The van der Waals surface area contributed by atoms with E-state index in [4.69, 9.17) is 0 Å². The normalized spacial score (nSPS) is 20.3. The molecule has 1 atom stereocenters. The largest absolute Gasteiger partial charge is 0.294 e. The van der Waals surface area contributed by atoms with E-state index < -0.39 is 16.0 Å². The number of pyridine rings is 1. The summed E-state index contributed by atoms with van der Waals surface area (Å²) in [4.78, 5) is 17.8. The number of carbonyl (C=O) groups excluding carboxylic acids is 1. The van der Waals surface area contributed by atoms with E-state index in [1.165, 1.54) is 19.8 Å². The highest BCUT2D eigenvalue weighted by Gasteiger charge is 2.37. The lowest BCUT2D eigenvalue weighted by Crippen LogP contribution is -2.58. The van der Waals surface area contributed by atoms with Gasteiger partial charge in [-0.1, -0.05) is 12.1 Å². The van der Waals surface area contributed by atoms with Gasteiger partial charge in [-0.3, -0.25) is 20.1 Å². The first-order valence-corrected chi connectivity index (χ1v) is 12.4. The van der Waals surface area contributed by atoms with Crippen molar-refractivity contribution in [3.8, 4) is 0 Å². The predicted molar refractivity (Wildman–Crippen MR) is 124 cm³/mol. The summed E-state index contributed by atoms with van der Waals surface area (Å²) in [6.07, 6.45) is 3.01. The maximum Gasteiger partial charge on any atom is 0.282 e. The zero-order valence-electron chi connectivity index (χ0n) is 18.8. The summed E-state index contributed by atoms with van der Waals surface area (Å²) in [5.41, 5.74) is 4.76. The van der Waals surface area contributed by atoms with Gasteiger partial charge in [0, 0.05) is 56.6 Å². The number of rotatable bonds is 8. The average molecular weight is 477 g/mol. The number of carbonyl (C=O) groups is 1. The van der Waals surface area contributed by atoms with Gasteiger partial charge in [-0.25, -0.2) is 9.40 Å². The van der Waals surface area contributed by atoms with Crippen LogP contribution >= 0.6 is 0 Å². The SMILES string of the molecule is Cc1ccc(N(C=O)Nc2cccc(CN3CCN(S(=O)(=O)N4CCC4)C[C@H]3C)c2F)cn1. The lowest BCUT2D eigenvalue weighted by molar-refractivity contribution is -0.107. The third kappa shape index (κ3) is 5.01. The maximum atomic E-state index is 15.3. The highest BCUT2D eigenvalue weighted by Crippen LogP contribution is 2.25. The van der Waals surface area contributed by atoms with E-state index in [-0.39, 0.29) is 11.7 Å².